The van der Waals surface area contributed by atoms with Crippen molar-refractivity contribution in [1.82, 2.24) is 24.5 Å². The molecule has 0 bridgehead atoms. The first kappa shape index (κ1) is 25.6. The van der Waals surface area contributed by atoms with E-state index < -0.39 is 41.1 Å². The van der Waals surface area contributed by atoms with Gasteiger partial charge in [0.1, 0.15) is 28.1 Å². The fourth-order valence-corrected chi connectivity index (χ4v) is 4.85. The molecule has 0 aromatic carbocycles. The number of halogens is 2. The molecule has 4 rings (SSSR count). The van der Waals surface area contributed by atoms with Crippen molar-refractivity contribution in [3.63, 3.8) is 0 Å². The van der Waals surface area contributed by atoms with Gasteiger partial charge in [-0.2, -0.15) is 5.10 Å². The molecule has 0 aliphatic heterocycles. The van der Waals surface area contributed by atoms with Crippen LogP contribution in [0.1, 0.15) is 34.4 Å². The van der Waals surface area contributed by atoms with Gasteiger partial charge < -0.3 is 15.8 Å². The summed E-state index contributed by atoms with van der Waals surface area (Å²) in [6.07, 6.45) is -0.373. The zero-order valence-corrected chi connectivity index (χ0v) is 20.5. The van der Waals surface area contributed by atoms with E-state index in [-0.39, 0.29) is 32.2 Å². The molecule has 194 valence electrons. The smallest absolute Gasteiger partial charge is 0.350 e. The predicted octanol–water partition coefficient (Wildman–Crippen LogP) is 3.28. The van der Waals surface area contributed by atoms with Crippen LogP contribution in [0.15, 0.2) is 18.5 Å². The number of pyridine rings is 1. The first-order chi connectivity index (χ1) is 17.5. The second-order valence-corrected chi connectivity index (χ2v) is 8.73. The molecule has 0 spiro atoms. The highest BCUT2D eigenvalue weighted by atomic mass is 32.1. The van der Waals surface area contributed by atoms with Crippen molar-refractivity contribution in [3.05, 3.63) is 44.8 Å². The summed E-state index contributed by atoms with van der Waals surface area (Å²) in [6, 6.07) is 1.19. The Hall–Kier alpha value is -4.47. The Morgan fingerprint density at radius 1 is 1.35 bits per heavy atom. The van der Waals surface area contributed by atoms with Crippen molar-refractivity contribution in [2.45, 2.75) is 33.4 Å². The number of aromatic nitrogens is 5. The minimum absolute atomic E-state index is 0.0157. The van der Waals surface area contributed by atoms with Crippen LogP contribution in [0, 0.1) is 17.0 Å². The van der Waals surface area contributed by atoms with E-state index in [0.29, 0.717) is 17.8 Å². The fraction of sp³-hybridized carbons (Fsp3) is 0.286. The molecule has 13 nitrogen and oxygen atoms in total. The van der Waals surface area contributed by atoms with Gasteiger partial charge in [-0.05, 0) is 25.5 Å². The molecule has 0 saturated heterocycles. The average molecular weight is 535 g/mol. The first-order valence-electron chi connectivity index (χ1n) is 10.7. The maximum Gasteiger partial charge on any atom is 0.350 e. The van der Waals surface area contributed by atoms with Crippen molar-refractivity contribution in [1.29, 1.82) is 0 Å². The summed E-state index contributed by atoms with van der Waals surface area (Å²) in [6.45, 7) is 3.68. The van der Waals surface area contributed by atoms with Crippen LogP contribution in [0.2, 0.25) is 0 Å². The van der Waals surface area contributed by atoms with Crippen LogP contribution in [0.5, 0.6) is 5.88 Å². The number of carbonyl (C=O) groups excluding carboxylic acids is 2. The lowest BCUT2D eigenvalue weighted by molar-refractivity contribution is -0.385. The van der Waals surface area contributed by atoms with Crippen LogP contribution in [-0.2, 0) is 17.9 Å². The van der Waals surface area contributed by atoms with Gasteiger partial charge in [-0.3, -0.25) is 29.1 Å². The Morgan fingerprint density at radius 3 is 2.62 bits per heavy atom. The molecule has 4 aromatic heterocycles. The molecular formula is C21H20F2N8O5S. The Balaban J connectivity index is 1.84. The second-order valence-electron chi connectivity index (χ2n) is 7.73. The summed E-state index contributed by atoms with van der Waals surface area (Å²) < 4.78 is 34.9. The highest BCUT2D eigenvalue weighted by Gasteiger charge is 2.27. The Morgan fingerprint density at radius 2 is 2.08 bits per heavy atom. The molecule has 37 heavy (non-hydrogen) atoms. The number of alkyl halides is 2. The van der Waals surface area contributed by atoms with Crippen LogP contribution in [-0.4, -0.2) is 48.4 Å². The molecule has 4 heterocycles. The van der Waals surface area contributed by atoms with Crippen molar-refractivity contribution in [3.8, 4) is 17.0 Å². The van der Waals surface area contributed by atoms with Crippen molar-refractivity contribution >= 4 is 44.7 Å². The van der Waals surface area contributed by atoms with E-state index in [1.807, 2.05) is 6.92 Å². The first-order valence-corrected chi connectivity index (χ1v) is 11.5. The number of nitrogens with zero attached hydrogens (tertiary/aromatic N) is 6. The molecule has 0 aliphatic carbocycles. The van der Waals surface area contributed by atoms with Gasteiger partial charge in [0, 0.05) is 23.2 Å². The number of anilines is 1. The normalized spacial score (nSPS) is 11.3. The Labute approximate surface area is 211 Å². The third-order valence-electron chi connectivity index (χ3n) is 5.49. The molecule has 0 saturated carbocycles. The minimum Gasteiger partial charge on any atom is -0.475 e. The lowest BCUT2D eigenvalue weighted by Crippen LogP contribution is -2.21. The quantitative estimate of drug-likeness (QED) is 0.243. The summed E-state index contributed by atoms with van der Waals surface area (Å²) >= 11 is 0.761. The van der Waals surface area contributed by atoms with E-state index in [4.69, 9.17) is 10.5 Å². The fourth-order valence-electron chi connectivity index (χ4n) is 3.83. The standard InChI is InChI=1S/C21H20F2N8O5S/c1-4-30-9(2)11(6-25-30)10-5-12(18(22)23)26-21-15(10)16(17(37-21)19(24)33)27-14(32)8-29-7-13(31(34)35)20(28-29)36-3/h5-7,18H,4,8H2,1-3H3,(H2,24,33)(H,27,32). The van der Waals surface area contributed by atoms with E-state index in [2.05, 4.69) is 20.5 Å². The maximum absolute atomic E-state index is 13.7. The lowest BCUT2D eigenvalue weighted by Gasteiger charge is -2.11. The number of fused-ring (bicyclic) bond motifs is 1. The van der Waals surface area contributed by atoms with Gasteiger partial charge in [-0.25, -0.2) is 13.8 Å². The van der Waals surface area contributed by atoms with Gasteiger partial charge in [0.05, 0.1) is 23.9 Å². The number of ether oxygens (including phenoxy) is 1. The summed E-state index contributed by atoms with van der Waals surface area (Å²) in [7, 11) is 1.20. The number of hydrogen-bond donors (Lipinski definition) is 2. The van der Waals surface area contributed by atoms with Crippen molar-refractivity contribution < 1.29 is 28.0 Å². The number of thiophene rings is 1. The lowest BCUT2D eigenvalue weighted by atomic mass is 10.0. The topological polar surface area (TPSA) is 173 Å². The van der Waals surface area contributed by atoms with E-state index in [0.717, 1.165) is 22.2 Å². The van der Waals surface area contributed by atoms with Crippen LogP contribution < -0.4 is 15.8 Å². The number of primary amides is 1. The highest BCUT2D eigenvalue weighted by Crippen LogP contribution is 2.43. The average Bonchev–Trinajstić information content (AvgIpc) is 3.53. The molecule has 3 N–H and O–H groups in total. The predicted molar refractivity (Wildman–Crippen MR) is 129 cm³/mol. The van der Waals surface area contributed by atoms with E-state index in [1.54, 1.807) is 11.6 Å². The number of nitrogens with two attached hydrogens (primary N) is 1. The molecule has 0 radical (unpaired) electrons. The molecule has 0 atom stereocenters. The zero-order valence-electron chi connectivity index (χ0n) is 19.7. The van der Waals surface area contributed by atoms with Crippen molar-refractivity contribution in [2.75, 3.05) is 12.4 Å². The van der Waals surface area contributed by atoms with Gasteiger partial charge >= 0.3 is 11.6 Å². The molecule has 0 unspecified atom stereocenters. The molecule has 2 amide bonds. The number of rotatable bonds is 9. The number of carbonyl (C=O) groups is 2. The van der Waals surface area contributed by atoms with Gasteiger partial charge in [0.25, 0.3) is 12.3 Å². The monoisotopic (exact) mass is 534 g/mol. The van der Waals surface area contributed by atoms with E-state index >= 15 is 0 Å². The molecule has 4 aromatic rings. The molecule has 16 heteroatoms. The largest absolute Gasteiger partial charge is 0.475 e. The van der Waals surface area contributed by atoms with Gasteiger partial charge in [0.15, 0.2) is 0 Å². The SMILES string of the molecule is CCn1ncc(-c2cc(C(F)F)nc3sc(C(N)=O)c(NC(=O)Cn4cc([N+](=O)[O-])c(OC)n4)c23)c1C. The number of nitro groups is 1. The van der Waals surface area contributed by atoms with Gasteiger partial charge in [0.2, 0.25) is 5.91 Å². The van der Waals surface area contributed by atoms with Crippen LogP contribution in [0.3, 0.4) is 0 Å². The van der Waals surface area contributed by atoms with E-state index in [1.165, 1.54) is 19.4 Å². The number of methoxy groups -OCH3 is 1. The van der Waals surface area contributed by atoms with Crippen LogP contribution in [0.25, 0.3) is 21.3 Å². The third-order valence-corrected chi connectivity index (χ3v) is 6.59. The van der Waals surface area contributed by atoms with Crippen molar-refractivity contribution in [2.24, 2.45) is 5.73 Å². The highest BCUT2D eigenvalue weighted by molar-refractivity contribution is 7.21. The summed E-state index contributed by atoms with van der Waals surface area (Å²) in [5.74, 6) is -1.90. The van der Waals surface area contributed by atoms with Gasteiger partial charge in [-0.1, -0.05) is 0 Å². The molecule has 0 aliphatic rings. The summed E-state index contributed by atoms with van der Waals surface area (Å²) in [5.41, 5.74) is 6.04. The Bertz CT molecular complexity index is 1540. The summed E-state index contributed by atoms with van der Waals surface area (Å²) in [5, 5.41) is 22.1. The molecular weight excluding hydrogens is 514 g/mol. The molecule has 0 fully saturated rings. The number of aryl methyl sites for hydroxylation is 1. The number of hydrogen-bond acceptors (Lipinski definition) is 9. The van der Waals surface area contributed by atoms with Crippen LogP contribution in [0.4, 0.5) is 20.2 Å². The summed E-state index contributed by atoms with van der Waals surface area (Å²) in [4.78, 5) is 39.6. The van der Waals surface area contributed by atoms with E-state index in [9.17, 15) is 28.5 Å². The zero-order chi connectivity index (χ0) is 27.0. The number of nitrogens with one attached hydrogen (secondary N) is 1. The maximum atomic E-state index is 13.7. The Kier molecular flexibility index (Phi) is 6.84. The minimum atomic E-state index is -2.90. The second kappa shape index (κ2) is 9.88. The third kappa shape index (κ3) is 4.69. The van der Waals surface area contributed by atoms with Gasteiger partial charge in [-0.15, -0.1) is 16.4 Å². The number of amides is 2. The van der Waals surface area contributed by atoms with Crippen LogP contribution >= 0.6 is 11.3 Å².